The quantitative estimate of drug-likeness (QED) is 0.624. The van der Waals surface area contributed by atoms with Crippen molar-refractivity contribution in [2.24, 2.45) is 5.92 Å². The van der Waals surface area contributed by atoms with Crippen molar-refractivity contribution in [3.8, 4) is 5.75 Å². The van der Waals surface area contributed by atoms with Crippen molar-refractivity contribution >= 4 is 0 Å². The third-order valence-electron chi connectivity index (χ3n) is 6.80. The van der Waals surface area contributed by atoms with E-state index in [1.807, 2.05) is 36.7 Å². The van der Waals surface area contributed by atoms with E-state index in [-0.39, 0.29) is 0 Å². The van der Waals surface area contributed by atoms with Crippen molar-refractivity contribution < 1.29 is 4.74 Å². The van der Waals surface area contributed by atoms with Gasteiger partial charge in [-0.1, -0.05) is 48.5 Å². The summed E-state index contributed by atoms with van der Waals surface area (Å²) in [7, 11) is 0. The van der Waals surface area contributed by atoms with Gasteiger partial charge in [0.2, 0.25) is 0 Å². The number of para-hydroxylation sites is 1. The average Bonchev–Trinajstić information content (AvgIpc) is 3.30. The van der Waals surface area contributed by atoms with E-state index in [0.717, 1.165) is 51.5 Å². The van der Waals surface area contributed by atoms with Gasteiger partial charge in [0.25, 0.3) is 0 Å². The Kier molecular flexibility index (Phi) is 6.33. The number of imidazole rings is 1. The maximum absolute atomic E-state index is 5.91. The van der Waals surface area contributed by atoms with Gasteiger partial charge in [-0.3, -0.25) is 9.80 Å². The molecule has 5 rings (SSSR count). The van der Waals surface area contributed by atoms with E-state index < -0.39 is 0 Å². The summed E-state index contributed by atoms with van der Waals surface area (Å²) >= 11 is 0. The number of piperidine rings is 1. The molecule has 2 aromatic carbocycles. The Morgan fingerprint density at radius 3 is 2.45 bits per heavy atom. The van der Waals surface area contributed by atoms with Crippen LogP contribution in [0.2, 0.25) is 0 Å². The molecule has 2 aliphatic heterocycles. The highest BCUT2D eigenvalue weighted by molar-refractivity contribution is 5.23. The van der Waals surface area contributed by atoms with Crippen molar-refractivity contribution in [2.45, 2.75) is 31.8 Å². The summed E-state index contributed by atoms with van der Waals surface area (Å²) in [6.45, 7) is 6.12. The first-order valence-corrected chi connectivity index (χ1v) is 11.6. The fourth-order valence-electron chi connectivity index (χ4n) is 5.17. The third kappa shape index (κ3) is 4.83. The van der Waals surface area contributed by atoms with Crippen LogP contribution in [0, 0.1) is 5.92 Å². The van der Waals surface area contributed by atoms with Crippen LogP contribution in [0.1, 0.15) is 35.8 Å². The van der Waals surface area contributed by atoms with Crippen molar-refractivity contribution in [2.75, 3.05) is 32.8 Å². The molecule has 5 nitrogen and oxygen atoms in total. The number of aromatic amines is 1. The topological polar surface area (TPSA) is 44.4 Å². The summed E-state index contributed by atoms with van der Waals surface area (Å²) in [5.74, 6) is 1.61. The van der Waals surface area contributed by atoms with Crippen molar-refractivity contribution in [3.05, 3.63) is 83.9 Å². The van der Waals surface area contributed by atoms with Gasteiger partial charge in [0.15, 0.2) is 0 Å². The van der Waals surface area contributed by atoms with E-state index in [1.54, 1.807) is 0 Å². The molecule has 31 heavy (non-hydrogen) atoms. The van der Waals surface area contributed by atoms with Crippen molar-refractivity contribution in [1.82, 2.24) is 19.8 Å². The first kappa shape index (κ1) is 20.3. The standard InChI is InChI=1S/C26H32N4O/c1-3-7-21(8-4-1)19-30-16-13-24-25(28-20-27-24)26(30)22-11-14-29(15-12-22)17-18-31-23-9-5-2-6-10-23/h1-10,20,22,26H,11-19H2,(H,27,28). The minimum absolute atomic E-state index is 0.415. The molecular weight excluding hydrogens is 384 g/mol. The largest absolute Gasteiger partial charge is 0.492 e. The highest BCUT2D eigenvalue weighted by atomic mass is 16.5. The van der Waals surface area contributed by atoms with Gasteiger partial charge in [-0.2, -0.15) is 0 Å². The highest BCUT2D eigenvalue weighted by Crippen LogP contribution is 2.39. The van der Waals surface area contributed by atoms with Crippen LogP contribution in [-0.4, -0.2) is 52.6 Å². The molecule has 0 spiro atoms. The van der Waals surface area contributed by atoms with E-state index in [9.17, 15) is 0 Å². The Hall–Kier alpha value is -2.63. The number of nitrogens with zero attached hydrogens (tertiary/aromatic N) is 3. The molecule has 1 saturated heterocycles. The summed E-state index contributed by atoms with van der Waals surface area (Å²) in [6, 6.07) is 21.4. The molecule has 1 unspecified atom stereocenters. The Bertz CT molecular complexity index is 934. The van der Waals surface area contributed by atoms with Gasteiger partial charge < -0.3 is 9.72 Å². The Labute approximate surface area is 185 Å². The third-order valence-corrected chi connectivity index (χ3v) is 6.80. The van der Waals surface area contributed by atoms with Crippen LogP contribution in [0.5, 0.6) is 5.75 Å². The van der Waals surface area contributed by atoms with Crippen molar-refractivity contribution in [1.29, 1.82) is 0 Å². The monoisotopic (exact) mass is 416 g/mol. The molecule has 3 aromatic rings. The first-order valence-electron chi connectivity index (χ1n) is 11.6. The van der Waals surface area contributed by atoms with Crippen LogP contribution in [-0.2, 0) is 13.0 Å². The summed E-state index contributed by atoms with van der Waals surface area (Å²) in [6.07, 6.45) is 5.38. The molecule has 0 saturated carbocycles. The molecule has 1 aromatic heterocycles. The second-order valence-electron chi connectivity index (χ2n) is 8.76. The molecular formula is C26H32N4O. The highest BCUT2D eigenvalue weighted by Gasteiger charge is 2.37. The van der Waals surface area contributed by atoms with Crippen LogP contribution in [0.15, 0.2) is 67.0 Å². The van der Waals surface area contributed by atoms with Crippen LogP contribution < -0.4 is 4.74 Å². The van der Waals surface area contributed by atoms with Gasteiger partial charge in [0.1, 0.15) is 12.4 Å². The zero-order chi connectivity index (χ0) is 20.9. The zero-order valence-corrected chi connectivity index (χ0v) is 18.1. The predicted molar refractivity (Wildman–Crippen MR) is 123 cm³/mol. The summed E-state index contributed by atoms with van der Waals surface area (Å²) in [4.78, 5) is 13.4. The fourth-order valence-corrected chi connectivity index (χ4v) is 5.17. The summed E-state index contributed by atoms with van der Waals surface area (Å²) in [5, 5.41) is 0. The second kappa shape index (κ2) is 9.67. The average molecular weight is 417 g/mol. The smallest absolute Gasteiger partial charge is 0.119 e. The zero-order valence-electron chi connectivity index (χ0n) is 18.1. The minimum atomic E-state index is 0.415. The maximum atomic E-state index is 5.91. The number of rotatable bonds is 7. The molecule has 0 bridgehead atoms. The number of aromatic nitrogens is 2. The number of nitrogens with one attached hydrogen (secondary N) is 1. The van der Waals surface area contributed by atoms with Gasteiger partial charge >= 0.3 is 0 Å². The Balaban J connectivity index is 1.20. The number of benzene rings is 2. The SMILES string of the molecule is c1ccc(CN2CCc3[nH]cnc3C2C2CCN(CCOc3ccccc3)CC2)cc1. The van der Waals surface area contributed by atoms with Crippen LogP contribution >= 0.6 is 0 Å². The van der Waals surface area contributed by atoms with Gasteiger partial charge in [-0.25, -0.2) is 4.98 Å². The lowest BCUT2D eigenvalue weighted by Gasteiger charge is -2.43. The molecule has 1 atom stereocenters. The van der Waals surface area contributed by atoms with Gasteiger partial charge in [-0.15, -0.1) is 0 Å². The molecule has 1 N–H and O–H groups in total. The van der Waals surface area contributed by atoms with E-state index in [4.69, 9.17) is 9.72 Å². The normalized spacial score (nSPS) is 20.5. The minimum Gasteiger partial charge on any atom is -0.492 e. The predicted octanol–water partition coefficient (Wildman–Crippen LogP) is 4.30. The van der Waals surface area contributed by atoms with Crippen LogP contribution in [0.4, 0.5) is 0 Å². The van der Waals surface area contributed by atoms with Gasteiger partial charge in [0, 0.05) is 31.7 Å². The second-order valence-corrected chi connectivity index (χ2v) is 8.76. The number of H-pyrrole nitrogens is 1. The van der Waals surface area contributed by atoms with E-state index in [0.29, 0.717) is 12.0 Å². The van der Waals surface area contributed by atoms with Crippen molar-refractivity contribution in [3.63, 3.8) is 0 Å². The Morgan fingerprint density at radius 1 is 0.935 bits per heavy atom. The van der Waals surface area contributed by atoms with Crippen LogP contribution in [0.3, 0.4) is 0 Å². The molecule has 3 heterocycles. The summed E-state index contributed by atoms with van der Waals surface area (Å²) in [5.41, 5.74) is 4.02. The van der Waals surface area contributed by atoms with Gasteiger partial charge in [0.05, 0.1) is 18.1 Å². The number of hydrogen-bond acceptors (Lipinski definition) is 4. The number of ether oxygens (including phenoxy) is 1. The lowest BCUT2D eigenvalue weighted by atomic mass is 9.83. The number of hydrogen-bond donors (Lipinski definition) is 1. The molecule has 0 amide bonds. The van der Waals surface area contributed by atoms with Gasteiger partial charge in [-0.05, 0) is 49.5 Å². The van der Waals surface area contributed by atoms with Crippen LogP contribution in [0.25, 0.3) is 0 Å². The molecule has 5 heteroatoms. The molecule has 1 fully saturated rings. The molecule has 0 aliphatic carbocycles. The van der Waals surface area contributed by atoms with E-state index >= 15 is 0 Å². The lowest BCUT2D eigenvalue weighted by Crippen LogP contribution is -2.44. The summed E-state index contributed by atoms with van der Waals surface area (Å²) < 4.78 is 5.91. The molecule has 0 radical (unpaired) electrons. The molecule has 2 aliphatic rings. The fraction of sp³-hybridized carbons (Fsp3) is 0.423. The van der Waals surface area contributed by atoms with E-state index in [2.05, 4.69) is 45.1 Å². The van der Waals surface area contributed by atoms with E-state index in [1.165, 1.54) is 29.8 Å². The number of fused-ring (bicyclic) bond motifs is 1. The lowest BCUT2D eigenvalue weighted by molar-refractivity contribution is 0.0669. The maximum Gasteiger partial charge on any atom is 0.119 e. The molecule has 162 valence electrons. The number of likely N-dealkylation sites (tertiary alicyclic amines) is 1. The Morgan fingerprint density at radius 2 is 1.68 bits per heavy atom. The first-order chi connectivity index (χ1) is 15.4.